The molecular formula is C26H42Cl2N2O4. The minimum atomic E-state index is -1.35. The molecular weight excluding hydrogens is 475 g/mol. The summed E-state index contributed by atoms with van der Waals surface area (Å²) in [6.45, 7) is 2.32. The predicted molar refractivity (Wildman–Crippen MR) is 126 cm³/mol. The second kappa shape index (κ2) is 20.0. The standard InChI is InChI=1S/C26H40N2O4.2ClH/c29-23(19-27-17-9-7-15-21-11-3-1-4-12-21)25(31)26(32)24(30)20-28-18-10-8-16-22-13-5-2-6-14-22;;/h1-6,11-14,23-32H,7-10,15-20H2;2*1H. The van der Waals surface area contributed by atoms with Crippen molar-refractivity contribution in [1.29, 1.82) is 0 Å². The van der Waals surface area contributed by atoms with Gasteiger partial charge in [-0.25, -0.2) is 0 Å². The number of aryl methyl sites for hydroxylation is 2. The van der Waals surface area contributed by atoms with E-state index in [4.69, 9.17) is 0 Å². The van der Waals surface area contributed by atoms with Crippen LogP contribution in [0.4, 0.5) is 0 Å². The van der Waals surface area contributed by atoms with Gasteiger partial charge in [0.15, 0.2) is 0 Å². The monoisotopic (exact) mass is 516 g/mol. The van der Waals surface area contributed by atoms with E-state index in [0.29, 0.717) is 13.1 Å². The van der Waals surface area contributed by atoms with E-state index in [1.807, 2.05) is 47.0 Å². The third kappa shape index (κ3) is 13.6. The number of halogens is 2. The van der Waals surface area contributed by atoms with Crippen LogP contribution >= 0.6 is 0 Å². The highest BCUT2D eigenvalue weighted by atomic mass is 35.5. The van der Waals surface area contributed by atoms with E-state index < -0.39 is 24.4 Å². The smallest absolute Gasteiger partial charge is 0.131 e. The molecule has 0 amide bonds. The van der Waals surface area contributed by atoms with Gasteiger partial charge >= 0.3 is 0 Å². The fraction of sp³-hybridized carbons (Fsp3) is 0.538. The van der Waals surface area contributed by atoms with Crippen LogP contribution in [0.3, 0.4) is 0 Å². The fourth-order valence-electron chi connectivity index (χ4n) is 3.84. The van der Waals surface area contributed by atoms with Gasteiger partial charge in [-0.2, -0.15) is 0 Å². The predicted octanol–water partition coefficient (Wildman–Crippen LogP) is -6.39. The van der Waals surface area contributed by atoms with Crippen LogP contribution in [-0.2, 0) is 12.8 Å². The molecule has 0 aliphatic carbocycles. The third-order valence-corrected chi connectivity index (χ3v) is 5.89. The first-order chi connectivity index (χ1) is 15.6. The lowest BCUT2D eigenvalue weighted by atomic mass is 10.0. The average Bonchev–Trinajstić information content (AvgIpc) is 2.83. The molecule has 8 N–H and O–H groups in total. The Labute approximate surface area is 216 Å². The normalized spacial score (nSPS) is 14.4. The number of nitrogens with two attached hydrogens (primary N) is 2. The van der Waals surface area contributed by atoms with Crippen LogP contribution in [-0.4, -0.2) is 71.0 Å². The second-order valence-corrected chi connectivity index (χ2v) is 8.63. The molecule has 0 saturated heterocycles. The summed E-state index contributed by atoms with van der Waals surface area (Å²) in [6, 6.07) is 20.7. The number of aliphatic hydroxyl groups is 4. The number of hydrogen-bond acceptors (Lipinski definition) is 4. The van der Waals surface area contributed by atoms with Gasteiger partial charge in [-0.05, 0) is 49.7 Å². The minimum absolute atomic E-state index is 0. The fourth-order valence-corrected chi connectivity index (χ4v) is 3.84. The topological polar surface area (TPSA) is 114 Å². The molecule has 4 atom stereocenters. The molecule has 0 bridgehead atoms. The van der Waals surface area contributed by atoms with E-state index >= 15 is 0 Å². The van der Waals surface area contributed by atoms with E-state index in [9.17, 15) is 20.4 Å². The molecule has 0 aliphatic rings. The molecule has 2 rings (SSSR count). The second-order valence-electron chi connectivity index (χ2n) is 8.63. The summed E-state index contributed by atoms with van der Waals surface area (Å²) in [5.41, 5.74) is 2.65. The third-order valence-electron chi connectivity index (χ3n) is 5.89. The van der Waals surface area contributed by atoms with Crippen molar-refractivity contribution in [3.05, 3.63) is 71.8 Å². The maximum atomic E-state index is 10.2. The van der Waals surface area contributed by atoms with Gasteiger partial charge in [-0.3, -0.25) is 0 Å². The quantitative estimate of drug-likeness (QED) is 0.117. The molecule has 6 nitrogen and oxygen atoms in total. The number of hydrogen-bond donors (Lipinski definition) is 6. The van der Waals surface area contributed by atoms with Crippen LogP contribution in [0.15, 0.2) is 60.7 Å². The van der Waals surface area contributed by atoms with Gasteiger partial charge < -0.3 is 55.9 Å². The Balaban J connectivity index is 0.00000544. The average molecular weight is 518 g/mol. The zero-order valence-electron chi connectivity index (χ0n) is 19.9. The van der Waals surface area contributed by atoms with Crippen LogP contribution in [0.1, 0.15) is 36.8 Å². The summed E-state index contributed by atoms with van der Waals surface area (Å²) in [5, 5.41) is 44.6. The van der Waals surface area contributed by atoms with Crippen LogP contribution in [0, 0.1) is 0 Å². The lowest BCUT2D eigenvalue weighted by molar-refractivity contribution is -0.665. The van der Waals surface area contributed by atoms with Crippen molar-refractivity contribution in [3.8, 4) is 0 Å². The van der Waals surface area contributed by atoms with Crippen LogP contribution in [0.5, 0.6) is 0 Å². The summed E-state index contributed by atoms with van der Waals surface area (Å²) in [6.07, 6.45) is 1.41. The van der Waals surface area contributed by atoms with Gasteiger partial charge in [0, 0.05) is 0 Å². The molecule has 8 heteroatoms. The van der Waals surface area contributed by atoms with Crippen molar-refractivity contribution in [3.63, 3.8) is 0 Å². The summed E-state index contributed by atoms with van der Waals surface area (Å²) >= 11 is 0. The van der Waals surface area contributed by atoms with Crippen LogP contribution in [0.25, 0.3) is 0 Å². The van der Waals surface area contributed by atoms with E-state index in [-0.39, 0.29) is 24.8 Å². The highest BCUT2D eigenvalue weighted by Gasteiger charge is 2.31. The van der Waals surface area contributed by atoms with E-state index in [0.717, 1.165) is 51.6 Å². The molecule has 0 spiro atoms. The molecule has 0 radical (unpaired) electrons. The Morgan fingerprint density at radius 3 is 1.24 bits per heavy atom. The molecule has 34 heavy (non-hydrogen) atoms. The Bertz CT molecular complexity index is 651. The first-order valence-electron chi connectivity index (χ1n) is 12.0. The van der Waals surface area contributed by atoms with Crippen LogP contribution < -0.4 is 35.4 Å². The van der Waals surface area contributed by atoms with Crippen molar-refractivity contribution in [2.24, 2.45) is 0 Å². The molecule has 2 aromatic carbocycles. The number of aliphatic hydroxyl groups excluding tert-OH is 4. The van der Waals surface area contributed by atoms with Gasteiger partial charge in [0.25, 0.3) is 0 Å². The summed E-state index contributed by atoms with van der Waals surface area (Å²) in [4.78, 5) is 0. The van der Waals surface area contributed by atoms with Crippen LogP contribution in [0.2, 0.25) is 0 Å². The molecule has 0 aliphatic heterocycles. The molecule has 194 valence electrons. The molecule has 2 aromatic rings. The first kappa shape index (κ1) is 32.8. The zero-order valence-corrected chi connectivity index (χ0v) is 21.4. The molecule has 4 unspecified atom stereocenters. The van der Waals surface area contributed by atoms with Gasteiger partial charge in [-0.1, -0.05) is 60.7 Å². The van der Waals surface area contributed by atoms with Crippen molar-refractivity contribution in [1.82, 2.24) is 0 Å². The minimum Gasteiger partial charge on any atom is -1.00 e. The maximum Gasteiger partial charge on any atom is 0.131 e. The van der Waals surface area contributed by atoms with Gasteiger partial charge in [0.05, 0.1) is 13.1 Å². The van der Waals surface area contributed by atoms with Crippen molar-refractivity contribution < 1.29 is 55.9 Å². The maximum absolute atomic E-state index is 10.2. The van der Waals surface area contributed by atoms with Gasteiger partial charge in [0.1, 0.15) is 37.5 Å². The summed E-state index contributed by atoms with van der Waals surface area (Å²) in [7, 11) is 0. The van der Waals surface area contributed by atoms with Crippen molar-refractivity contribution >= 4 is 0 Å². The number of benzene rings is 2. The van der Waals surface area contributed by atoms with E-state index in [1.54, 1.807) is 0 Å². The summed E-state index contributed by atoms with van der Waals surface area (Å²) < 4.78 is 0. The van der Waals surface area contributed by atoms with Gasteiger partial charge in [-0.15, -0.1) is 0 Å². The Kier molecular flexibility index (Phi) is 19.3. The number of rotatable bonds is 17. The molecule has 0 saturated carbocycles. The van der Waals surface area contributed by atoms with E-state index in [1.165, 1.54) is 11.1 Å². The lowest BCUT2D eigenvalue weighted by Crippen LogP contribution is -3.00. The molecule has 0 aromatic heterocycles. The van der Waals surface area contributed by atoms with Gasteiger partial charge in [0.2, 0.25) is 0 Å². The lowest BCUT2D eigenvalue weighted by Gasteiger charge is -2.25. The highest BCUT2D eigenvalue weighted by molar-refractivity contribution is 5.15. The molecule has 0 heterocycles. The first-order valence-corrected chi connectivity index (χ1v) is 12.0. The zero-order chi connectivity index (χ0) is 23.0. The Morgan fingerprint density at radius 2 is 0.882 bits per heavy atom. The SMILES string of the molecule is OC(C[NH2+]CCCCc1ccccc1)C(O)C(O)C(O)C[NH2+]CCCCc1ccccc1.[Cl-].[Cl-]. The molecule has 0 fully saturated rings. The largest absolute Gasteiger partial charge is 1.00 e. The number of unbranched alkanes of at least 4 members (excludes halogenated alkanes) is 2. The van der Waals surface area contributed by atoms with E-state index in [2.05, 4.69) is 24.3 Å². The van der Waals surface area contributed by atoms with Crippen molar-refractivity contribution in [2.45, 2.75) is 62.9 Å². The summed E-state index contributed by atoms with van der Waals surface area (Å²) in [5.74, 6) is 0. The Morgan fingerprint density at radius 1 is 0.529 bits per heavy atom. The van der Waals surface area contributed by atoms with Crippen molar-refractivity contribution in [2.75, 3.05) is 26.2 Å². The Hall–Kier alpha value is -1.22. The number of quaternary nitrogens is 2. The highest BCUT2D eigenvalue weighted by Crippen LogP contribution is 2.05.